The minimum absolute atomic E-state index is 0. The van der Waals surface area contributed by atoms with Crippen molar-refractivity contribution in [2.24, 2.45) is 5.73 Å². The molecule has 5 heteroatoms. The molecule has 98 valence electrons. The Hall–Kier alpha value is -1.26. The smallest absolute Gasteiger partial charge is 0.244 e. The summed E-state index contributed by atoms with van der Waals surface area (Å²) in [6, 6.07) is 5.77. The minimum atomic E-state index is -0.619. The summed E-state index contributed by atoms with van der Waals surface area (Å²) >= 11 is 0. The third-order valence-electron chi connectivity index (χ3n) is 3.41. The fourth-order valence-electron chi connectivity index (χ4n) is 2.06. The van der Waals surface area contributed by atoms with E-state index in [1.54, 1.807) is 0 Å². The molecule has 2 aliphatic rings. The molecule has 18 heavy (non-hydrogen) atoms. The quantitative estimate of drug-likeness (QED) is 0.861. The average molecular weight is 269 g/mol. The maximum atomic E-state index is 11.8. The van der Waals surface area contributed by atoms with E-state index in [4.69, 9.17) is 10.5 Å². The maximum Gasteiger partial charge on any atom is 0.244 e. The van der Waals surface area contributed by atoms with E-state index in [0.29, 0.717) is 0 Å². The number of nitrogens with one attached hydrogen (secondary N) is 1. The Morgan fingerprint density at radius 1 is 1.39 bits per heavy atom. The highest BCUT2D eigenvalue weighted by molar-refractivity contribution is 6.00. The first kappa shape index (κ1) is 13.2. The van der Waals surface area contributed by atoms with Crippen molar-refractivity contribution in [1.82, 2.24) is 0 Å². The highest BCUT2D eigenvalue weighted by Gasteiger charge is 2.45. The van der Waals surface area contributed by atoms with Gasteiger partial charge in [0.15, 0.2) is 0 Å². The van der Waals surface area contributed by atoms with Crippen molar-refractivity contribution in [3.05, 3.63) is 23.8 Å². The number of carbonyl (C=O) groups excluding carboxylic acids is 1. The van der Waals surface area contributed by atoms with Crippen molar-refractivity contribution in [3.8, 4) is 5.75 Å². The summed E-state index contributed by atoms with van der Waals surface area (Å²) in [7, 11) is 0. The van der Waals surface area contributed by atoms with Crippen LogP contribution >= 0.6 is 12.4 Å². The van der Waals surface area contributed by atoms with Crippen molar-refractivity contribution in [1.29, 1.82) is 0 Å². The number of nitrogens with two attached hydrogens (primary N) is 1. The van der Waals surface area contributed by atoms with Gasteiger partial charge in [0.05, 0.1) is 12.1 Å². The van der Waals surface area contributed by atoms with Crippen LogP contribution in [0, 0.1) is 0 Å². The van der Waals surface area contributed by atoms with Gasteiger partial charge in [-0.2, -0.15) is 0 Å². The van der Waals surface area contributed by atoms with Gasteiger partial charge in [0.2, 0.25) is 5.91 Å². The lowest BCUT2D eigenvalue weighted by atomic mass is 10.1. The number of halogens is 1. The lowest BCUT2D eigenvalue weighted by Crippen LogP contribution is -2.37. The van der Waals surface area contributed by atoms with Crippen LogP contribution in [0.15, 0.2) is 18.2 Å². The van der Waals surface area contributed by atoms with Gasteiger partial charge >= 0.3 is 0 Å². The molecule has 0 radical (unpaired) electrons. The van der Waals surface area contributed by atoms with Crippen LogP contribution < -0.4 is 15.8 Å². The molecule has 0 unspecified atom stereocenters. The molecule has 1 aliphatic carbocycles. The van der Waals surface area contributed by atoms with E-state index in [0.717, 1.165) is 49.3 Å². The Bertz CT molecular complexity index is 472. The monoisotopic (exact) mass is 268 g/mol. The summed E-state index contributed by atoms with van der Waals surface area (Å²) in [6.07, 6.45) is 3.61. The molecular formula is C13H17ClN2O2. The molecule has 1 aromatic rings. The summed E-state index contributed by atoms with van der Waals surface area (Å²) in [6.45, 7) is 0.782. The van der Waals surface area contributed by atoms with Gasteiger partial charge in [-0.1, -0.05) is 0 Å². The zero-order valence-electron chi connectivity index (χ0n) is 10.1. The Kier molecular flexibility index (Phi) is 3.50. The molecule has 0 aromatic heterocycles. The lowest BCUT2D eigenvalue weighted by molar-refractivity contribution is -0.118. The number of hydrogen-bond donors (Lipinski definition) is 2. The predicted molar refractivity (Wildman–Crippen MR) is 72.3 cm³/mol. The molecule has 0 saturated heterocycles. The first-order valence-corrected chi connectivity index (χ1v) is 6.03. The third-order valence-corrected chi connectivity index (χ3v) is 3.41. The number of carbonyl (C=O) groups is 1. The summed E-state index contributed by atoms with van der Waals surface area (Å²) in [5.41, 5.74) is 7.20. The lowest BCUT2D eigenvalue weighted by Gasteiger charge is -2.18. The standard InChI is InChI=1S/C13H16N2O2.ClH/c14-13(5-6-13)12(16)15-10-3-4-11-9(8-10)2-1-7-17-11;/h3-4,8H,1-2,5-7,14H2,(H,15,16);1H. The zero-order valence-corrected chi connectivity index (χ0v) is 10.9. The van der Waals surface area contributed by atoms with Gasteiger partial charge in [0.25, 0.3) is 0 Å². The SMILES string of the molecule is Cl.NC1(C(=O)Nc2ccc3c(c2)CCCO3)CC1. The van der Waals surface area contributed by atoms with E-state index in [1.165, 1.54) is 0 Å². The second kappa shape index (κ2) is 4.78. The van der Waals surface area contributed by atoms with Crippen molar-refractivity contribution in [3.63, 3.8) is 0 Å². The van der Waals surface area contributed by atoms with Crippen molar-refractivity contribution >= 4 is 24.0 Å². The molecule has 1 heterocycles. The second-order valence-electron chi connectivity index (χ2n) is 4.88. The minimum Gasteiger partial charge on any atom is -0.493 e. The molecule has 1 saturated carbocycles. The van der Waals surface area contributed by atoms with E-state index >= 15 is 0 Å². The highest BCUT2D eigenvalue weighted by Crippen LogP contribution is 2.34. The number of amides is 1. The number of aryl methyl sites for hydroxylation is 1. The fourth-order valence-corrected chi connectivity index (χ4v) is 2.06. The van der Waals surface area contributed by atoms with Gasteiger partial charge in [0, 0.05) is 5.69 Å². The van der Waals surface area contributed by atoms with Gasteiger partial charge in [-0.05, 0) is 49.4 Å². The molecule has 0 bridgehead atoms. The molecule has 0 atom stereocenters. The number of rotatable bonds is 2. The summed E-state index contributed by atoms with van der Waals surface area (Å²) < 4.78 is 5.53. The topological polar surface area (TPSA) is 64.4 Å². The van der Waals surface area contributed by atoms with E-state index in [9.17, 15) is 4.79 Å². The first-order valence-electron chi connectivity index (χ1n) is 6.03. The fraction of sp³-hybridized carbons (Fsp3) is 0.462. The van der Waals surface area contributed by atoms with Gasteiger partial charge in [-0.3, -0.25) is 4.79 Å². The largest absolute Gasteiger partial charge is 0.493 e. The molecular weight excluding hydrogens is 252 g/mol. The van der Waals surface area contributed by atoms with Crippen LogP contribution in [0.1, 0.15) is 24.8 Å². The third kappa shape index (κ3) is 2.44. The van der Waals surface area contributed by atoms with Crippen LogP contribution in [-0.2, 0) is 11.2 Å². The van der Waals surface area contributed by atoms with Crippen LogP contribution in [0.3, 0.4) is 0 Å². The Labute approximate surface area is 112 Å². The molecule has 4 nitrogen and oxygen atoms in total. The van der Waals surface area contributed by atoms with E-state index in [2.05, 4.69) is 5.32 Å². The first-order chi connectivity index (χ1) is 8.17. The Morgan fingerprint density at radius 2 is 2.17 bits per heavy atom. The van der Waals surface area contributed by atoms with Crippen LogP contribution in [0.5, 0.6) is 5.75 Å². The van der Waals surface area contributed by atoms with Gasteiger partial charge in [0.1, 0.15) is 5.75 Å². The van der Waals surface area contributed by atoms with Crippen molar-refractivity contribution in [2.75, 3.05) is 11.9 Å². The Morgan fingerprint density at radius 3 is 2.89 bits per heavy atom. The van der Waals surface area contributed by atoms with Crippen molar-refractivity contribution in [2.45, 2.75) is 31.2 Å². The Balaban J connectivity index is 0.00000120. The number of benzene rings is 1. The molecule has 1 aromatic carbocycles. The average Bonchev–Trinajstić information content (AvgIpc) is 3.09. The second-order valence-corrected chi connectivity index (χ2v) is 4.88. The molecule has 3 rings (SSSR count). The van der Waals surface area contributed by atoms with E-state index in [-0.39, 0.29) is 18.3 Å². The molecule has 0 spiro atoms. The number of ether oxygens (including phenoxy) is 1. The predicted octanol–water partition coefficient (Wildman–Crippen LogP) is 1.86. The van der Waals surface area contributed by atoms with Gasteiger partial charge in [-0.25, -0.2) is 0 Å². The van der Waals surface area contributed by atoms with Crippen molar-refractivity contribution < 1.29 is 9.53 Å². The van der Waals surface area contributed by atoms with Crippen LogP contribution in [0.25, 0.3) is 0 Å². The molecule has 1 fully saturated rings. The van der Waals surface area contributed by atoms with Crippen LogP contribution in [0.4, 0.5) is 5.69 Å². The zero-order chi connectivity index (χ0) is 11.9. The number of hydrogen-bond acceptors (Lipinski definition) is 3. The van der Waals surface area contributed by atoms with Gasteiger partial charge < -0.3 is 15.8 Å². The molecule has 3 N–H and O–H groups in total. The number of fused-ring (bicyclic) bond motifs is 1. The van der Waals surface area contributed by atoms with Crippen LogP contribution in [0.2, 0.25) is 0 Å². The highest BCUT2D eigenvalue weighted by atomic mass is 35.5. The molecule has 1 aliphatic heterocycles. The number of anilines is 1. The summed E-state index contributed by atoms with van der Waals surface area (Å²) in [4.78, 5) is 11.8. The van der Waals surface area contributed by atoms with E-state index in [1.807, 2.05) is 18.2 Å². The normalized spacial score (nSPS) is 18.9. The molecule has 1 amide bonds. The summed E-state index contributed by atoms with van der Waals surface area (Å²) in [5, 5.41) is 2.87. The summed E-state index contributed by atoms with van der Waals surface area (Å²) in [5.74, 6) is 0.859. The van der Waals surface area contributed by atoms with Crippen LogP contribution in [-0.4, -0.2) is 18.1 Å². The van der Waals surface area contributed by atoms with E-state index < -0.39 is 5.54 Å². The van der Waals surface area contributed by atoms with Gasteiger partial charge in [-0.15, -0.1) is 12.4 Å². The maximum absolute atomic E-state index is 11.8.